The molecular weight excluding hydrogens is 304 g/mol. The number of rotatable bonds is 3. The average molecular weight is 316 g/mol. The summed E-state index contributed by atoms with van der Waals surface area (Å²) in [5.41, 5.74) is 0.995. The van der Waals surface area contributed by atoms with Gasteiger partial charge in [-0.25, -0.2) is 9.78 Å². The fraction of sp³-hybridized carbons (Fsp3) is 0.200. The molecule has 2 amide bonds. The SMILES string of the molecule is CCc1nc(C)c(C(=O)ON2C(=O)c3ccccc3C2=O)s1. The molecule has 7 heteroatoms. The van der Waals surface area contributed by atoms with E-state index >= 15 is 0 Å². The number of hydroxylamine groups is 2. The summed E-state index contributed by atoms with van der Waals surface area (Å²) in [4.78, 5) is 46.0. The number of carbonyl (C=O) groups is 3. The van der Waals surface area contributed by atoms with Crippen LogP contribution in [0.3, 0.4) is 0 Å². The molecule has 1 aliphatic rings. The first kappa shape index (κ1) is 14.4. The first-order valence-corrected chi connectivity index (χ1v) is 7.51. The minimum Gasteiger partial charge on any atom is -0.323 e. The molecule has 0 unspecified atom stereocenters. The van der Waals surface area contributed by atoms with Crippen molar-refractivity contribution < 1.29 is 19.2 Å². The predicted molar refractivity (Wildman–Crippen MR) is 78.6 cm³/mol. The summed E-state index contributed by atoms with van der Waals surface area (Å²) in [7, 11) is 0. The predicted octanol–water partition coefficient (Wildman–Crippen LogP) is 2.38. The molecule has 0 fully saturated rings. The van der Waals surface area contributed by atoms with Crippen molar-refractivity contribution in [2.75, 3.05) is 0 Å². The smallest absolute Gasteiger partial charge is 0.323 e. The van der Waals surface area contributed by atoms with Crippen molar-refractivity contribution >= 4 is 29.1 Å². The van der Waals surface area contributed by atoms with Crippen LogP contribution in [-0.4, -0.2) is 27.8 Å². The lowest BCUT2D eigenvalue weighted by Crippen LogP contribution is -2.32. The Labute approximate surface area is 130 Å². The lowest BCUT2D eigenvalue weighted by Gasteiger charge is -2.11. The van der Waals surface area contributed by atoms with Crippen molar-refractivity contribution in [2.45, 2.75) is 20.3 Å². The first-order valence-electron chi connectivity index (χ1n) is 6.69. The molecular formula is C15H12N2O4S. The van der Waals surface area contributed by atoms with E-state index in [1.807, 2.05) is 6.92 Å². The summed E-state index contributed by atoms with van der Waals surface area (Å²) in [6.45, 7) is 3.62. The van der Waals surface area contributed by atoms with E-state index in [1.165, 1.54) is 23.5 Å². The van der Waals surface area contributed by atoms with Gasteiger partial charge in [0.15, 0.2) is 0 Å². The normalized spacial score (nSPS) is 13.5. The molecule has 0 saturated carbocycles. The van der Waals surface area contributed by atoms with E-state index in [0.29, 0.717) is 22.1 Å². The summed E-state index contributed by atoms with van der Waals surface area (Å²) in [6.07, 6.45) is 0.700. The van der Waals surface area contributed by atoms with Gasteiger partial charge in [-0.1, -0.05) is 24.1 Å². The molecule has 22 heavy (non-hydrogen) atoms. The summed E-state index contributed by atoms with van der Waals surface area (Å²) in [5, 5.41) is 1.31. The van der Waals surface area contributed by atoms with Crippen molar-refractivity contribution in [2.24, 2.45) is 0 Å². The summed E-state index contributed by atoms with van der Waals surface area (Å²) in [6, 6.07) is 6.35. The Morgan fingerprint density at radius 3 is 2.32 bits per heavy atom. The summed E-state index contributed by atoms with van der Waals surface area (Å²) >= 11 is 1.20. The van der Waals surface area contributed by atoms with Crippen LogP contribution < -0.4 is 0 Å². The van der Waals surface area contributed by atoms with Crippen LogP contribution in [0.5, 0.6) is 0 Å². The van der Waals surface area contributed by atoms with Gasteiger partial charge in [0.2, 0.25) is 0 Å². The van der Waals surface area contributed by atoms with Gasteiger partial charge in [-0.15, -0.1) is 11.3 Å². The van der Waals surface area contributed by atoms with Crippen LogP contribution >= 0.6 is 11.3 Å². The Bertz CT molecular complexity index is 762. The highest BCUT2D eigenvalue weighted by Crippen LogP contribution is 2.25. The van der Waals surface area contributed by atoms with Gasteiger partial charge in [0, 0.05) is 0 Å². The Kier molecular flexibility index (Phi) is 3.50. The number of hydrogen-bond donors (Lipinski definition) is 0. The Hall–Kier alpha value is -2.54. The van der Waals surface area contributed by atoms with Gasteiger partial charge in [-0.2, -0.15) is 0 Å². The molecule has 2 heterocycles. The van der Waals surface area contributed by atoms with E-state index in [9.17, 15) is 14.4 Å². The summed E-state index contributed by atoms with van der Waals surface area (Å²) in [5.74, 6) is -2.01. The molecule has 0 saturated heterocycles. The second-order valence-corrected chi connectivity index (χ2v) is 5.79. The maximum atomic E-state index is 12.2. The number of amides is 2. The average Bonchev–Trinajstić information content (AvgIpc) is 3.01. The second-order valence-electron chi connectivity index (χ2n) is 4.70. The van der Waals surface area contributed by atoms with Crippen molar-refractivity contribution in [1.82, 2.24) is 10.0 Å². The van der Waals surface area contributed by atoms with Crippen LogP contribution in [0.1, 0.15) is 48.0 Å². The topological polar surface area (TPSA) is 76.6 Å². The number of aromatic nitrogens is 1. The third-order valence-electron chi connectivity index (χ3n) is 3.26. The van der Waals surface area contributed by atoms with Crippen LogP contribution in [0.2, 0.25) is 0 Å². The van der Waals surface area contributed by atoms with E-state index in [-0.39, 0.29) is 11.1 Å². The number of aryl methyl sites for hydroxylation is 2. The molecule has 2 aromatic rings. The van der Waals surface area contributed by atoms with Crippen molar-refractivity contribution in [1.29, 1.82) is 0 Å². The molecule has 0 spiro atoms. The fourth-order valence-electron chi connectivity index (χ4n) is 2.17. The van der Waals surface area contributed by atoms with Gasteiger partial charge in [0.25, 0.3) is 11.8 Å². The quantitative estimate of drug-likeness (QED) is 0.813. The standard InChI is InChI=1S/C15H12N2O4S/c1-3-11-16-8(2)12(22-11)15(20)21-17-13(18)9-6-4-5-7-10(9)14(17)19/h4-7H,3H2,1-2H3. The number of hydrogen-bond acceptors (Lipinski definition) is 6. The van der Waals surface area contributed by atoms with E-state index in [1.54, 1.807) is 19.1 Å². The largest absolute Gasteiger partial charge is 0.375 e. The van der Waals surface area contributed by atoms with Gasteiger partial charge in [-0.05, 0) is 25.5 Å². The molecule has 0 N–H and O–H groups in total. The lowest BCUT2D eigenvalue weighted by atomic mass is 10.1. The van der Waals surface area contributed by atoms with Crippen molar-refractivity contribution in [3.8, 4) is 0 Å². The third kappa shape index (κ3) is 2.19. The molecule has 1 aliphatic heterocycles. The van der Waals surface area contributed by atoms with Crippen LogP contribution in [0.25, 0.3) is 0 Å². The van der Waals surface area contributed by atoms with Crippen LogP contribution in [0.15, 0.2) is 24.3 Å². The minimum atomic E-state index is -0.746. The number of carbonyl (C=O) groups excluding carboxylic acids is 3. The van der Waals surface area contributed by atoms with Crippen LogP contribution in [-0.2, 0) is 11.3 Å². The van der Waals surface area contributed by atoms with Gasteiger partial charge in [-0.3, -0.25) is 9.59 Å². The summed E-state index contributed by atoms with van der Waals surface area (Å²) < 4.78 is 0. The van der Waals surface area contributed by atoms with Gasteiger partial charge in [0.05, 0.1) is 21.8 Å². The molecule has 6 nitrogen and oxygen atoms in total. The van der Waals surface area contributed by atoms with E-state index in [4.69, 9.17) is 4.84 Å². The Morgan fingerprint density at radius 2 is 1.82 bits per heavy atom. The highest BCUT2D eigenvalue weighted by atomic mass is 32.1. The van der Waals surface area contributed by atoms with E-state index in [0.717, 1.165) is 5.01 Å². The highest BCUT2D eigenvalue weighted by Gasteiger charge is 2.39. The fourth-order valence-corrected chi connectivity index (χ4v) is 3.04. The van der Waals surface area contributed by atoms with E-state index < -0.39 is 17.8 Å². The van der Waals surface area contributed by atoms with Crippen LogP contribution in [0, 0.1) is 6.92 Å². The zero-order chi connectivity index (χ0) is 15.9. The molecule has 0 bridgehead atoms. The second kappa shape index (κ2) is 5.34. The number of nitrogens with zero attached hydrogens (tertiary/aromatic N) is 2. The number of benzene rings is 1. The van der Waals surface area contributed by atoms with Crippen molar-refractivity contribution in [3.05, 3.63) is 51.0 Å². The molecule has 1 aromatic heterocycles. The minimum absolute atomic E-state index is 0.232. The number of fused-ring (bicyclic) bond motifs is 1. The van der Waals surface area contributed by atoms with E-state index in [2.05, 4.69) is 4.98 Å². The molecule has 0 radical (unpaired) electrons. The molecule has 1 aromatic carbocycles. The number of imide groups is 1. The zero-order valence-electron chi connectivity index (χ0n) is 12.0. The molecule has 0 atom stereocenters. The third-order valence-corrected chi connectivity index (χ3v) is 4.54. The Morgan fingerprint density at radius 1 is 1.23 bits per heavy atom. The van der Waals surface area contributed by atoms with Gasteiger partial charge >= 0.3 is 5.97 Å². The monoisotopic (exact) mass is 316 g/mol. The molecule has 3 rings (SSSR count). The zero-order valence-corrected chi connectivity index (χ0v) is 12.8. The first-order chi connectivity index (χ1) is 10.5. The maximum absolute atomic E-state index is 12.2. The van der Waals surface area contributed by atoms with Gasteiger partial charge < -0.3 is 4.84 Å². The highest BCUT2D eigenvalue weighted by molar-refractivity contribution is 7.13. The molecule has 112 valence electrons. The van der Waals surface area contributed by atoms with Crippen molar-refractivity contribution in [3.63, 3.8) is 0 Å². The number of thiazole rings is 1. The van der Waals surface area contributed by atoms with Gasteiger partial charge in [0.1, 0.15) is 4.88 Å². The Balaban J connectivity index is 1.85. The maximum Gasteiger partial charge on any atom is 0.375 e. The van der Waals surface area contributed by atoms with Crippen LogP contribution in [0.4, 0.5) is 0 Å². The lowest BCUT2D eigenvalue weighted by molar-refractivity contribution is -0.0581. The molecule has 0 aliphatic carbocycles.